The Morgan fingerprint density at radius 2 is 1.40 bits per heavy atom. The molecule has 0 aliphatic carbocycles. The van der Waals surface area contributed by atoms with E-state index in [0.29, 0.717) is 5.92 Å². The fourth-order valence-corrected chi connectivity index (χ4v) is 1.91. The number of aliphatic hydroxyl groups is 2. The second-order valence-corrected chi connectivity index (χ2v) is 5.78. The molecule has 0 aromatic heterocycles. The molecule has 0 spiro atoms. The lowest BCUT2D eigenvalue weighted by Crippen LogP contribution is -2.36. The summed E-state index contributed by atoms with van der Waals surface area (Å²) in [5.74, 6) is 0.663. The second kappa shape index (κ2) is 13.3. The number of allylic oxidation sites excluding steroid dienone is 3. The zero-order chi connectivity index (χ0) is 15.2. The number of unbranched alkanes of at least 4 members (excludes halogenated alkanes) is 6. The fourth-order valence-electron chi connectivity index (χ4n) is 1.91. The number of hydrogen-bond donors (Lipinski definition) is 3. The molecule has 3 nitrogen and oxygen atoms in total. The van der Waals surface area contributed by atoms with Crippen molar-refractivity contribution in [2.24, 2.45) is 11.7 Å². The molecule has 0 amide bonds. The molecule has 0 saturated heterocycles. The van der Waals surface area contributed by atoms with Crippen LogP contribution in [0.25, 0.3) is 0 Å². The maximum atomic E-state index is 9.50. The van der Waals surface area contributed by atoms with Crippen LogP contribution in [-0.4, -0.2) is 29.0 Å². The molecule has 20 heavy (non-hydrogen) atoms. The Bertz CT molecular complexity index is 262. The van der Waals surface area contributed by atoms with Gasteiger partial charge in [-0.3, -0.25) is 0 Å². The molecular weight excluding hydrogens is 250 g/mol. The van der Waals surface area contributed by atoms with Crippen molar-refractivity contribution in [3.05, 3.63) is 24.3 Å². The summed E-state index contributed by atoms with van der Waals surface area (Å²) in [5, 5.41) is 18.3. The molecular formula is C17H33NO2. The number of nitrogens with two attached hydrogens (primary N) is 1. The average Bonchev–Trinajstić information content (AvgIpc) is 2.43. The van der Waals surface area contributed by atoms with Crippen LogP contribution in [0.2, 0.25) is 0 Å². The summed E-state index contributed by atoms with van der Waals surface area (Å²) in [6.07, 6.45) is 15.9. The van der Waals surface area contributed by atoms with Gasteiger partial charge in [-0.2, -0.15) is 0 Å². The van der Waals surface area contributed by atoms with E-state index in [9.17, 15) is 5.11 Å². The van der Waals surface area contributed by atoms with Gasteiger partial charge in [-0.15, -0.1) is 0 Å². The van der Waals surface area contributed by atoms with E-state index in [0.717, 1.165) is 12.8 Å². The maximum Gasteiger partial charge on any atom is 0.0894 e. The average molecular weight is 283 g/mol. The van der Waals surface area contributed by atoms with Crippen molar-refractivity contribution in [3.8, 4) is 0 Å². The van der Waals surface area contributed by atoms with Crippen molar-refractivity contribution in [1.29, 1.82) is 0 Å². The fraction of sp³-hybridized carbons (Fsp3) is 0.765. The molecule has 0 bridgehead atoms. The van der Waals surface area contributed by atoms with Crippen LogP contribution < -0.4 is 5.73 Å². The van der Waals surface area contributed by atoms with E-state index in [1.165, 1.54) is 32.1 Å². The summed E-state index contributed by atoms with van der Waals surface area (Å²) < 4.78 is 0. The normalized spacial score (nSPS) is 15.5. The van der Waals surface area contributed by atoms with Crippen molar-refractivity contribution in [1.82, 2.24) is 0 Å². The minimum Gasteiger partial charge on any atom is -0.395 e. The van der Waals surface area contributed by atoms with Crippen molar-refractivity contribution in [2.45, 2.75) is 70.9 Å². The minimum atomic E-state index is -0.729. The molecule has 0 aliphatic rings. The van der Waals surface area contributed by atoms with Gasteiger partial charge in [-0.1, -0.05) is 57.4 Å². The van der Waals surface area contributed by atoms with Gasteiger partial charge in [-0.25, -0.2) is 0 Å². The highest BCUT2D eigenvalue weighted by atomic mass is 16.3. The Labute approximate surface area is 124 Å². The second-order valence-electron chi connectivity index (χ2n) is 5.78. The summed E-state index contributed by atoms with van der Waals surface area (Å²) in [7, 11) is 0. The van der Waals surface area contributed by atoms with Gasteiger partial charge in [0.2, 0.25) is 0 Å². The summed E-state index contributed by atoms with van der Waals surface area (Å²) >= 11 is 0. The number of hydrogen-bond acceptors (Lipinski definition) is 3. The van der Waals surface area contributed by atoms with E-state index < -0.39 is 12.1 Å². The lowest BCUT2D eigenvalue weighted by atomic mass is 10.1. The van der Waals surface area contributed by atoms with Crippen LogP contribution in [0, 0.1) is 5.92 Å². The quantitative estimate of drug-likeness (QED) is 0.381. The SMILES string of the molecule is CC(C)/C=C\CCCCCCC/C=C/[C@@H](O)[C@@H](N)CO. The molecule has 0 aromatic carbocycles. The van der Waals surface area contributed by atoms with E-state index in [-0.39, 0.29) is 6.61 Å². The Kier molecular flexibility index (Phi) is 12.9. The maximum absolute atomic E-state index is 9.50. The van der Waals surface area contributed by atoms with Crippen LogP contribution in [0.15, 0.2) is 24.3 Å². The zero-order valence-corrected chi connectivity index (χ0v) is 13.2. The third kappa shape index (κ3) is 12.4. The highest BCUT2D eigenvalue weighted by Gasteiger charge is 2.08. The smallest absolute Gasteiger partial charge is 0.0894 e. The first-order valence-electron chi connectivity index (χ1n) is 7.95. The number of aliphatic hydroxyl groups excluding tert-OH is 2. The molecule has 0 aromatic rings. The predicted octanol–water partition coefficient (Wildman–Crippen LogP) is 3.17. The largest absolute Gasteiger partial charge is 0.395 e. The van der Waals surface area contributed by atoms with Crippen LogP contribution in [-0.2, 0) is 0 Å². The highest BCUT2D eigenvalue weighted by Crippen LogP contribution is 2.09. The molecule has 0 rings (SSSR count). The monoisotopic (exact) mass is 283 g/mol. The van der Waals surface area contributed by atoms with E-state index in [1.807, 2.05) is 6.08 Å². The molecule has 0 aliphatic heterocycles. The lowest BCUT2D eigenvalue weighted by molar-refractivity contribution is 0.144. The Hall–Kier alpha value is -0.640. The number of rotatable bonds is 12. The van der Waals surface area contributed by atoms with Crippen LogP contribution >= 0.6 is 0 Å². The van der Waals surface area contributed by atoms with Gasteiger partial charge in [0.05, 0.1) is 18.8 Å². The van der Waals surface area contributed by atoms with Crippen LogP contribution in [0.1, 0.15) is 58.8 Å². The summed E-state index contributed by atoms with van der Waals surface area (Å²) in [6.45, 7) is 4.22. The van der Waals surface area contributed by atoms with Gasteiger partial charge < -0.3 is 15.9 Å². The first-order valence-corrected chi connectivity index (χ1v) is 7.95. The Balaban J connectivity index is 3.34. The standard InChI is InChI=1S/C17H33NO2/c1-15(2)12-10-8-6-4-3-5-7-9-11-13-17(20)16(18)14-19/h10-13,15-17,19-20H,3-9,14,18H2,1-2H3/b12-10-,13-11+/t16-,17+/m0/s1. The molecule has 2 atom stereocenters. The zero-order valence-electron chi connectivity index (χ0n) is 13.2. The van der Waals surface area contributed by atoms with E-state index >= 15 is 0 Å². The Morgan fingerprint density at radius 3 is 1.90 bits per heavy atom. The van der Waals surface area contributed by atoms with Crippen LogP contribution in [0.5, 0.6) is 0 Å². The molecule has 118 valence electrons. The van der Waals surface area contributed by atoms with Crippen molar-refractivity contribution in [3.63, 3.8) is 0 Å². The highest BCUT2D eigenvalue weighted by molar-refractivity contribution is 4.93. The first-order chi connectivity index (χ1) is 9.57. The van der Waals surface area contributed by atoms with Gasteiger partial charge in [0, 0.05) is 0 Å². The predicted molar refractivity (Wildman–Crippen MR) is 86.5 cm³/mol. The van der Waals surface area contributed by atoms with Crippen molar-refractivity contribution in [2.75, 3.05) is 6.61 Å². The summed E-state index contributed by atoms with van der Waals surface area (Å²) in [4.78, 5) is 0. The van der Waals surface area contributed by atoms with Crippen LogP contribution in [0.4, 0.5) is 0 Å². The van der Waals surface area contributed by atoms with Gasteiger partial charge in [0.25, 0.3) is 0 Å². The van der Waals surface area contributed by atoms with Gasteiger partial charge in [0.15, 0.2) is 0 Å². The molecule has 0 heterocycles. The first kappa shape index (κ1) is 19.4. The third-order valence-corrected chi connectivity index (χ3v) is 3.25. The van der Waals surface area contributed by atoms with Crippen molar-refractivity contribution < 1.29 is 10.2 Å². The van der Waals surface area contributed by atoms with E-state index in [2.05, 4.69) is 26.0 Å². The van der Waals surface area contributed by atoms with Crippen LogP contribution in [0.3, 0.4) is 0 Å². The molecule has 0 saturated carbocycles. The molecule has 3 heteroatoms. The van der Waals surface area contributed by atoms with Gasteiger partial charge in [-0.05, 0) is 31.6 Å². The molecule has 4 N–H and O–H groups in total. The van der Waals surface area contributed by atoms with Gasteiger partial charge in [0.1, 0.15) is 0 Å². The minimum absolute atomic E-state index is 0.184. The molecule has 0 unspecified atom stereocenters. The topological polar surface area (TPSA) is 66.5 Å². The summed E-state index contributed by atoms with van der Waals surface area (Å²) in [6, 6.07) is -0.565. The summed E-state index contributed by atoms with van der Waals surface area (Å²) in [5.41, 5.74) is 5.50. The van der Waals surface area contributed by atoms with Crippen molar-refractivity contribution >= 4 is 0 Å². The Morgan fingerprint density at radius 1 is 0.900 bits per heavy atom. The van der Waals surface area contributed by atoms with Gasteiger partial charge >= 0.3 is 0 Å². The van der Waals surface area contributed by atoms with E-state index in [1.54, 1.807) is 6.08 Å². The third-order valence-electron chi connectivity index (χ3n) is 3.25. The lowest BCUT2D eigenvalue weighted by Gasteiger charge is -2.11. The molecule has 0 radical (unpaired) electrons. The van der Waals surface area contributed by atoms with E-state index in [4.69, 9.17) is 10.8 Å². The molecule has 0 fully saturated rings.